The Morgan fingerprint density at radius 1 is 1.50 bits per heavy atom. The summed E-state index contributed by atoms with van der Waals surface area (Å²) in [5, 5.41) is 3.97. The molecule has 1 aromatic carbocycles. The number of halogens is 1. The highest BCUT2D eigenvalue weighted by atomic mass is 131. The Kier molecular flexibility index (Phi) is 4.11. The molecule has 1 aromatic heterocycles. The van der Waals surface area contributed by atoms with Crippen molar-refractivity contribution in [3.63, 3.8) is 0 Å². The first-order chi connectivity index (χ1) is 8.61. The molecule has 0 unspecified atom stereocenters. The first-order valence-electron chi connectivity index (χ1n) is 5.70. The molecule has 0 spiro atoms. The Labute approximate surface area is 119 Å². The van der Waals surface area contributed by atoms with Gasteiger partial charge in [-0.3, -0.25) is 4.79 Å². The van der Waals surface area contributed by atoms with Crippen LogP contribution in [-0.4, -0.2) is 24.5 Å². The number of aromatic nitrogens is 1. The number of methoxy groups -OCH3 is 1. The Bertz CT molecular complexity index is 578. The molecule has 0 aliphatic carbocycles. The van der Waals surface area contributed by atoms with Gasteiger partial charge in [-0.2, -0.15) is 0 Å². The molecule has 0 aliphatic heterocycles. The molecule has 1 heterocycles. The zero-order valence-electron chi connectivity index (χ0n) is 10.3. The van der Waals surface area contributed by atoms with Gasteiger partial charge in [0.25, 0.3) is 0 Å². The molecule has 2 rings (SSSR count). The Morgan fingerprint density at radius 2 is 2.28 bits per heavy atom. The fourth-order valence-corrected chi connectivity index (χ4v) is 2.78. The van der Waals surface area contributed by atoms with Crippen LogP contribution in [0.4, 0.5) is 0 Å². The largest absolute Gasteiger partial charge is 0.497 e. The lowest BCUT2D eigenvalue weighted by atomic mass is 10.1. The molecule has 0 atom stereocenters. The number of rotatable bonds is 4. The van der Waals surface area contributed by atoms with Gasteiger partial charge in [0.15, 0.2) is 0 Å². The van der Waals surface area contributed by atoms with Crippen molar-refractivity contribution < 1.29 is 9.53 Å². The Balaban J connectivity index is 2.29. The van der Waals surface area contributed by atoms with E-state index in [2.05, 4.69) is 32.9 Å². The van der Waals surface area contributed by atoms with E-state index in [1.807, 2.05) is 18.2 Å². The molecule has 0 saturated heterocycles. The molecule has 5 heteroatoms. The summed E-state index contributed by atoms with van der Waals surface area (Å²) in [6, 6.07) is 5.97. The minimum absolute atomic E-state index is 0.00225. The van der Waals surface area contributed by atoms with Crippen LogP contribution in [0.2, 0.25) is 0 Å². The normalized spacial score (nSPS) is 10.6. The smallest absolute Gasteiger partial charge is 0.216 e. The number of fused-ring (bicyclic) bond motifs is 1. The Morgan fingerprint density at radius 3 is 2.94 bits per heavy atom. The second kappa shape index (κ2) is 5.60. The summed E-state index contributed by atoms with van der Waals surface area (Å²) in [4.78, 5) is 14.2. The van der Waals surface area contributed by atoms with E-state index in [4.69, 9.17) is 4.74 Å². The van der Waals surface area contributed by atoms with Crippen LogP contribution in [0.15, 0.2) is 18.2 Å². The zero-order valence-corrected chi connectivity index (χ0v) is 12.5. The second-order valence-electron chi connectivity index (χ2n) is 4.06. The van der Waals surface area contributed by atoms with Gasteiger partial charge >= 0.3 is 0 Å². The average Bonchev–Trinajstić information content (AvgIpc) is 2.64. The highest BCUT2D eigenvalue weighted by Crippen LogP contribution is 2.27. The lowest BCUT2D eigenvalue weighted by Gasteiger charge is -2.03. The molecule has 96 valence electrons. The summed E-state index contributed by atoms with van der Waals surface area (Å²) < 4.78 is 6.36. The van der Waals surface area contributed by atoms with E-state index in [1.165, 1.54) is 12.5 Å². The van der Waals surface area contributed by atoms with Crippen LogP contribution in [0.25, 0.3) is 10.9 Å². The standard InChI is InChI=1S/C13H15IN2O2/c1-8(17)15-6-5-10-11-7-9(18-2)3-4-12(11)16-13(10)14/h3-4,7,16H,5-6H2,1-2H3,(H,15,17)/i14+4. The van der Waals surface area contributed by atoms with Gasteiger partial charge in [-0.05, 0) is 52.8 Å². The van der Waals surface area contributed by atoms with Gasteiger partial charge in [0.2, 0.25) is 5.91 Å². The molecular formula is C13H15IN2O2. The van der Waals surface area contributed by atoms with Crippen molar-refractivity contribution in [1.29, 1.82) is 0 Å². The van der Waals surface area contributed by atoms with Crippen molar-refractivity contribution in [2.45, 2.75) is 13.3 Å². The molecule has 4 nitrogen and oxygen atoms in total. The maximum Gasteiger partial charge on any atom is 0.216 e. The number of aromatic amines is 1. The SMILES string of the molecule is COc1ccc2[nH]c([131I])c(CCNC(C)=O)c2c1. The predicted molar refractivity (Wildman–Crippen MR) is 80.0 cm³/mol. The van der Waals surface area contributed by atoms with E-state index >= 15 is 0 Å². The monoisotopic (exact) mass is 362 g/mol. The van der Waals surface area contributed by atoms with Gasteiger partial charge in [-0.25, -0.2) is 0 Å². The quantitative estimate of drug-likeness (QED) is 0.822. The van der Waals surface area contributed by atoms with Gasteiger partial charge in [-0.15, -0.1) is 0 Å². The number of hydrogen-bond donors (Lipinski definition) is 2. The van der Waals surface area contributed by atoms with Gasteiger partial charge < -0.3 is 15.0 Å². The lowest BCUT2D eigenvalue weighted by Crippen LogP contribution is -2.22. The molecular weight excluding hydrogens is 347 g/mol. The van der Waals surface area contributed by atoms with Crippen LogP contribution < -0.4 is 10.1 Å². The summed E-state index contributed by atoms with van der Waals surface area (Å²) in [6.45, 7) is 2.18. The van der Waals surface area contributed by atoms with Crippen molar-refractivity contribution in [2.24, 2.45) is 0 Å². The number of H-pyrrole nitrogens is 1. The van der Waals surface area contributed by atoms with E-state index in [1.54, 1.807) is 7.11 Å². The topological polar surface area (TPSA) is 54.1 Å². The minimum Gasteiger partial charge on any atom is -0.497 e. The van der Waals surface area contributed by atoms with Crippen LogP contribution in [0.3, 0.4) is 0 Å². The Hall–Kier alpha value is -1.24. The molecule has 18 heavy (non-hydrogen) atoms. The molecule has 0 fully saturated rings. The van der Waals surface area contributed by atoms with Crippen LogP contribution >= 0.6 is 22.6 Å². The fourth-order valence-electron chi connectivity index (χ4n) is 1.93. The molecule has 0 aliphatic rings. The molecule has 2 aromatic rings. The maximum atomic E-state index is 10.9. The molecule has 2 N–H and O–H groups in total. The van der Waals surface area contributed by atoms with Crippen molar-refractivity contribution in [3.05, 3.63) is 27.5 Å². The van der Waals surface area contributed by atoms with E-state index in [-0.39, 0.29) is 5.91 Å². The average molecular weight is 362 g/mol. The summed E-state index contributed by atoms with van der Waals surface area (Å²) in [7, 11) is 1.66. The maximum absolute atomic E-state index is 10.9. The highest BCUT2D eigenvalue weighted by Gasteiger charge is 2.10. The predicted octanol–water partition coefficient (Wildman–Crippen LogP) is 2.46. The molecule has 0 bridgehead atoms. The van der Waals surface area contributed by atoms with Crippen LogP contribution in [-0.2, 0) is 11.2 Å². The number of amides is 1. The zero-order chi connectivity index (χ0) is 13.1. The van der Waals surface area contributed by atoms with Crippen LogP contribution in [0.1, 0.15) is 12.5 Å². The summed E-state index contributed by atoms with van der Waals surface area (Å²) in [5.41, 5.74) is 2.32. The third-order valence-corrected chi connectivity index (χ3v) is 3.73. The summed E-state index contributed by atoms with van der Waals surface area (Å²) >= 11 is 2.29. The van der Waals surface area contributed by atoms with E-state index < -0.39 is 0 Å². The minimum atomic E-state index is 0.00225. The van der Waals surface area contributed by atoms with Crippen molar-refractivity contribution in [2.75, 3.05) is 13.7 Å². The third kappa shape index (κ3) is 2.77. The third-order valence-electron chi connectivity index (χ3n) is 2.81. The molecule has 1 amide bonds. The summed E-state index contributed by atoms with van der Waals surface area (Å²) in [5.74, 6) is 0.848. The van der Waals surface area contributed by atoms with Crippen LogP contribution in [0.5, 0.6) is 5.75 Å². The number of carbonyl (C=O) groups is 1. The van der Waals surface area contributed by atoms with Gasteiger partial charge in [0.1, 0.15) is 5.75 Å². The lowest BCUT2D eigenvalue weighted by molar-refractivity contribution is -0.118. The van der Waals surface area contributed by atoms with Crippen molar-refractivity contribution in [1.82, 2.24) is 10.3 Å². The van der Waals surface area contributed by atoms with Gasteiger partial charge in [-0.1, -0.05) is 0 Å². The first-order valence-corrected chi connectivity index (χ1v) is 6.78. The fraction of sp³-hybridized carbons (Fsp3) is 0.308. The molecule has 0 saturated carbocycles. The van der Waals surface area contributed by atoms with Gasteiger partial charge in [0.05, 0.1) is 10.8 Å². The second-order valence-corrected chi connectivity index (χ2v) is 5.14. The van der Waals surface area contributed by atoms with Crippen LogP contribution in [0, 0.1) is 3.70 Å². The van der Waals surface area contributed by atoms with Crippen molar-refractivity contribution in [3.8, 4) is 5.75 Å². The highest BCUT2D eigenvalue weighted by molar-refractivity contribution is 14.1. The number of benzene rings is 1. The van der Waals surface area contributed by atoms with E-state index in [9.17, 15) is 4.79 Å². The number of carbonyl (C=O) groups excluding carboxylic acids is 1. The first kappa shape index (κ1) is 13.2. The van der Waals surface area contributed by atoms with E-state index in [0.29, 0.717) is 6.54 Å². The number of ether oxygens (including phenoxy) is 1. The molecule has 0 radical (unpaired) electrons. The number of nitrogens with one attached hydrogen (secondary N) is 2. The van der Waals surface area contributed by atoms with E-state index in [0.717, 1.165) is 26.8 Å². The van der Waals surface area contributed by atoms with Crippen molar-refractivity contribution >= 4 is 39.4 Å². The number of hydrogen-bond acceptors (Lipinski definition) is 2. The summed E-state index contributed by atoms with van der Waals surface area (Å²) in [6.07, 6.45) is 0.811. The van der Waals surface area contributed by atoms with Gasteiger partial charge in [0, 0.05) is 24.4 Å².